The molecule has 3 aromatic rings. The fourth-order valence-electron chi connectivity index (χ4n) is 6.88. The van der Waals surface area contributed by atoms with E-state index in [0.717, 1.165) is 21.6 Å². The summed E-state index contributed by atoms with van der Waals surface area (Å²) in [4.78, 5) is 116. The highest BCUT2D eigenvalue weighted by Crippen LogP contribution is 2.47. The van der Waals surface area contributed by atoms with Crippen LogP contribution in [-0.2, 0) is 57.6 Å². The number of nitrogens with one attached hydrogen (secondary N) is 7. The maximum Gasteiger partial charge on any atom is 0.326 e. The van der Waals surface area contributed by atoms with Crippen LogP contribution in [0.1, 0.15) is 77.1 Å². The van der Waals surface area contributed by atoms with Crippen LogP contribution in [0.2, 0.25) is 0 Å². The summed E-state index contributed by atoms with van der Waals surface area (Å²) >= 11 is 0. The Hall–Kier alpha value is -6.13. The molecular weight excluding hydrogens is 895 g/mol. The van der Waals surface area contributed by atoms with Gasteiger partial charge in [-0.15, -0.1) is 0 Å². The first-order valence-corrected chi connectivity index (χ1v) is 23.4. The number of carbonyl (C=O) groups is 8. The van der Waals surface area contributed by atoms with Crippen molar-refractivity contribution in [2.45, 2.75) is 131 Å². The number of nitrogens with zero attached hydrogens (tertiary/aromatic N) is 1. The van der Waals surface area contributed by atoms with Crippen LogP contribution in [0.25, 0.3) is 0 Å². The topological polar surface area (TPSA) is 324 Å². The minimum Gasteiger partial charge on any atom is -0.508 e. The second-order valence-electron chi connectivity index (χ2n) is 17.0. The molecule has 1 aliphatic rings. The number of amides is 6. The monoisotopic (exact) mass is 953 g/mol. The van der Waals surface area contributed by atoms with E-state index in [4.69, 9.17) is 5.73 Å². The molecule has 0 bridgehead atoms. The lowest BCUT2D eigenvalue weighted by atomic mass is 9.98. The highest BCUT2D eigenvalue weighted by molar-refractivity contribution is 8.77. The van der Waals surface area contributed by atoms with Crippen molar-refractivity contribution in [2.24, 2.45) is 5.73 Å². The third-order valence-corrected chi connectivity index (χ3v) is 14.9. The lowest BCUT2D eigenvalue weighted by molar-refractivity contribution is -0.147. The smallest absolute Gasteiger partial charge is 0.326 e. The Morgan fingerprint density at radius 1 is 0.788 bits per heavy atom. The van der Waals surface area contributed by atoms with Crippen LogP contribution in [0.4, 0.5) is 0 Å². The predicted molar refractivity (Wildman–Crippen MR) is 247 cm³/mol. The molecule has 1 aliphatic heterocycles. The first-order chi connectivity index (χ1) is 31.1. The Labute approximate surface area is 390 Å². The average Bonchev–Trinajstić information content (AvgIpc) is 3.78. The number of aliphatic carboxylic acids is 2. The average molecular weight is 954 g/mol. The van der Waals surface area contributed by atoms with E-state index in [9.17, 15) is 53.7 Å². The van der Waals surface area contributed by atoms with Crippen molar-refractivity contribution >= 4 is 69.0 Å². The van der Waals surface area contributed by atoms with Crippen LogP contribution in [0, 0.1) is 0 Å². The fraction of sp³-hybridized carbons (Fsp3) is 0.477. The van der Waals surface area contributed by atoms with Gasteiger partial charge in [-0.2, -0.15) is 0 Å². The van der Waals surface area contributed by atoms with Crippen molar-refractivity contribution in [3.8, 4) is 5.75 Å². The van der Waals surface area contributed by atoms with Crippen molar-refractivity contribution in [1.82, 2.24) is 41.9 Å². The molecule has 22 heteroatoms. The molecule has 4 rings (SSSR count). The van der Waals surface area contributed by atoms with Gasteiger partial charge in [-0.3, -0.25) is 33.6 Å². The molecule has 358 valence electrons. The number of aromatic nitrogens is 2. The molecule has 0 saturated carbocycles. The summed E-state index contributed by atoms with van der Waals surface area (Å²) in [6, 6.07) is 5.07. The zero-order chi connectivity index (χ0) is 48.8. The van der Waals surface area contributed by atoms with Crippen molar-refractivity contribution in [1.29, 1.82) is 0 Å². The number of carboxylic acids is 2. The number of imidazole rings is 1. The first-order valence-electron chi connectivity index (χ1n) is 21.3. The van der Waals surface area contributed by atoms with Gasteiger partial charge in [-0.25, -0.2) is 9.78 Å². The van der Waals surface area contributed by atoms with Gasteiger partial charge in [-0.1, -0.05) is 83.8 Å². The van der Waals surface area contributed by atoms with E-state index in [1.165, 1.54) is 24.7 Å². The van der Waals surface area contributed by atoms with E-state index in [2.05, 4.69) is 41.9 Å². The molecule has 1 fully saturated rings. The Kier molecular flexibility index (Phi) is 19.0. The van der Waals surface area contributed by atoms with Gasteiger partial charge >= 0.3 is 11.9 Å². The van der Waals surface area contributed by atoms with E-state index in [1.54, 1.807) is 70.2 Å². The second kappa shape index (κ2) is 23.9. The molecule has 0 aliphatic carbocycles. The quantitative estimate of drug-likeness (QED) is 0.0795. The summed E-state index contributed by atoms with van der Waals surface area (Å²) in [5, 5.41) is 44.6. The van der Waals surface area contributed by atoms with Crippen LogP contribution in [0.5, 0.6) is 5.75 Å². The molecule has 0 radical (unpaired) electrons. The molecule has 2 heterocycles. The van der Waals surface area contributed by atoms with Gasteiger partial charge in [0.05, 0.1) is 18.8 Å². The number of carbonyl (C=O) groups excluding carboxylic acids is 6. The predicted octanol–water partition coefficient (Wildman–Crippen LogP) is 1.08. The molecule has 6 amide bonds. The van der Waals surface area contributed by atoms with Crippen molar-refractivity contribution in [3.05, 3.63) is 83.9 Å². The number of nitrogens with two attached hydrogens (primary N) is 1. The number of rotatable bonds is 18. The van der Waals surface area contributed by atoms with E-state index < -0.39 is 106 Å². The number of unbranched alkanes of at least 4 members (excludes halogenated alkanes) is 1. The molecule has 2 aromatic carbocycles. The SMILES string of the molecule is CCCC[C@H](NC(=O)C1NC(=O)[C@H](Cc2cnc[nH]2)NC(=O)[C@H](Cc2ccccc2)NC(=O)[C@H](NC(=O)[C@@H](N)Cc2ccc(O)cc2)C(C)(C)SSC1(C)C)C(=O)N[C@@H](CC(=O)O)C(=O)O. The van der Waals surface area contributed by atoms with E-state index >= 15 is 0 Å². The van der Waals surface area contributed by atoms with E-state index in [-0.39, 0.29) is 31.4 Å². The molecule has 7 atom stereocenters. The molecule has 66 heavy (non-hydrogen) atoms. The summed E-state index contributed by atoms with van der Waals surface area (Å²) in [5.41, 5.74) is 8.11. The van der Waals surface area contributed by atoms with Gasteiger partial charge in [0, 0.05) is 34.2 Å². The molecule has 20 nitrogen and oxygen atoms in total. The number of hydrogen-bond acceptors (Lipinski definition) is 13. The first kappa shape index (κ1) is 52.5. The molecule has 1 aromatic heterocycles. The highest BCUT2D eigenvalue weighted by atomic mass is 33.1. The van der Waals surface area contributed by atoms with Crippen molar-refractivity contribution < 1.29 is 53.7 Å². The summed E-state index contributed by atoms with van der Waals surface area (Å²) in [5.74, 6) is -7.91. The van der Waals surface area contributed by atoms with Crippen LogP contribution in [0.15, 0.2) is 67.1 Å². The van der Waals surface area contributed by atoms with Gasteiger partial charge in [0.1, 0.15) is 42.0 Å². The van der Waals surface area contributed by atoms with Gasteiger partial charge in [0.2, 0.25) is 35.4 Å². The number of phenolic OH excluding ortho intramolecular Hbond substituents is 1. The summed E-state index contributed by atoms with van der Waals surface area (Å²) in [6.07, 6.45) is 2.76. The number of carboxylic acid groups (broad SMARTS) is 2. The fourth-order valence-corrected chi connectivity index (χ4v) is 9.70. The molecule has 12 N–H and O–H groups in total. The summed E-state index contributed by atoms with van der Waals surface area (Å²) < 4.78 is -2.56. The number of H-pyrrole nitrogens is 1. The summed E-state index contributed by atoms with van der Waals surface area (Å²) in [7, 11) is 2.19. The number of phenols is 1. The van der Waals surface area contributed by atoms with Gasteiger partial charge in [0.15, 0.2) is 0 Å². The standard InChI is InChI=1S/C44H59N9O11S2/c1-6-7-13-29(37(58)51-32(42(63)64)21-33(55)56)48-40(61)35-44(4,5)66-65-43(2,3)34(52-36(57)28(45)18-25-14-16-27(54)17-15-25)41(62)50-30(19-24-11-9-8-10-12-24)38(59)49-31(39(60)53-35)20-26-22-46-23-47-26/h8-12,14-17,22-23,28-32,34-35,54H,6-7,13,18-21,45H2,1-5H3,(H,46,47)(H,48,61)(H,49,59)(H,50,62)(H,51,58)(H,52,57)(H,53,60)(H,55,56)(H,63,64)/t28-,29-,30-,31-,32-,34-,35?/m0/s1. The van der Waals surface area contributed by atoms with Crippen LogP contribution in [0.3, 0.4) is 0 Å². The minimum absolute atomic E-state index is 0.0240. The Balaban J connectivity index is 1.78. The zero-order valence-corrected chi connectivity index (χ0v) is 38.9. The third-order valence-electron chi connectivity index (χ3n) is 10.7. The molecular formula is C44H59N9O11S2. The number of hydrogen-bond donors (Lipinski definition) is 11. The third kappa shape index (κ3) is 15.5. The Bertz CT molecular complexity index is 2180. The van der Waals surface area contributed by atoms with Crippen molar-refractivity contribution in [3.63, 3.8) is 0 Å². The van der Waals surface area contributed by atoms with Crippen LogP contribution < -0.4 is 37.6 Å². The lowest BCUT2D eigenvalue weighted by Crippen LogP contribution is -2.65. The highest BCUT2D eigenvalue weighted by Gasteiger charge is 2.46. The summed E-state index contributed by atoms with van der Waals surface area (Å²) in [6.45, 7) is 8.43. The van der Waals surface area contributed by atoms with Gasteiger partial charge in [0.25, 0.3) is 0 Å². The number of benzene rings is 2. The molecule has 1 unspecified atom stereocenters. The van der Waals surface area contributed by atoms with Crippen molar-refractivity contribution in [2.75, 3.05) is 0 Å². The maximum absolute atomic E-state index is 14.6. The van der Waals surface area contributed by atoms with Gasteiger partial charge < -0.3 is 57.9 Å². The Morgan fingerprint density at radius 2 is 1.41 bits per heavy atom. The number of aromatic amines is 1. The lowest BCUT2D eigenvalue weighted by Gasteiger charge is -2.40. The number of aromatic hydroxyl groups is 1. The maximum atomic E-state index is 14.6. The second-order valence-corrected chi connectivity index (χ2v) is 20.5. The van der Waals surface area contributed by atoms with Gasteiger partial charge in [-0.05, 0) is 63.8 Å². The minimum atomic E-state index is -1.80. The van der Waals surface area contributed by atoms with Crippen LogP contribution in [-0.4, -0.2) is 124 Å². The van der Waals surface area contributed by atoms with E-state index in [1.807, 2.05) is 6.92 Å². The normalized spacial score (nSPS) is 21.3. The largest absolute Gasteiger partial charge is 0.508 e. The Morgan fingerprint density at radius 3 is 2.02 bits per heavy atom. The molecule has 0 spiro atoms. The molecule has 1 saturated heterocycles. The zero-order valence-electron chi connectivity index (χ0n) is 37.3. The van der Waals surface area contributed by atoms with Crippen LogP contribution >= 0.6 is 21.6 Å². The van der Waals surface area contributed by atoms with E-state index in [0.29, 0.717) is 29.7 Å².